The highest BCUT2D eigenvalue weighted by Gasteiger charge is 2.13. The molecular formula is C34H24N2O. The first kappa shape index (κ1) is 21.5. The molecule has 0 amide bonds. The number of benzene rings is 3. The van der Waals surface area contributed by atoms with Crippen molar-refractivity contribution in [3.63, 3.8) is 0 Å². The van der Waals surface area contributed by atoms with Gasteiger partial charge in [0, 0.05) is 28.6 Å². The third-order valence-corrected chi connectivity index (χ3v) is 6.97. The average Bonchev–Trinajstić information content (AvgIpc) is 3.31. The lowest BCUT2D eigenvalue weighted by Crippen LogP contribution is -2.10. The Balaban J connectivity index is 1.13. The molecule has 3 nitrogen and oxygen atoms in total. The van der Waals surface area contributed by atoms with Crippen LogP contribution in [0.1, 0.15) is 16.7 Å². The molecule has 0 saturated carbocycles. The van der Waals surface area contributed by atoms with E-state index in [-0.39, 0.29) is 6.04 Å². The second kappa shape index (κ2) is 9.03. The van der Waals surface area contributed by atoms with Crippen LogP contribution >= 0.6 is 0 Å². The van der Waals surface area contributed by atoms with E-state index in [9.17, 15) is 0 Å². The predicted molar refractivity (Wildman–Crippen MR) is 155 cm³/mol. The van der Waals surface area contributed by atoms with Gasteiger partial charge in [-0.3, -0.25) is 9.98 Å². The van der Waals surface area contributed by atoms with Crippen LogP contribution in [0.25, 0.3) is 45.0 Å². The number of dihydropyridines is 1. The Morgan fingerprint density at radius 1 is 0.838 bits per heavy atom. The fourth-order valence-electron chi connectivity index (χ4n) is 5.00. The molecule has 0 saturated heterocycles. The SMILES string of the molecule is C1=CC2=C/C(=C/Cc3ccc4c(c3)oc3cc(/C=C/c5cnc6ccccc6c5)ccc34)C=NC2C=C1. The van der Waals surface area contributed by atoms with Gasteiger partial charge in [0.1, 0.15) is 11.2 Å². The van der Waals surface area contributed by atoms with Crippen molar-refractivity contribution in [1.82, 2.24) is 4.98 Å². The largest absolute Gasteiger partial charge is 0.456 e. The quantitative estimate of drug-likeness (QED) is 0.262. The Morgan fingerprint density at radius 2 is 1.70 bits per heavy atom. The number of allylic oxidation sites excluding steroid dienone is 5. The highest BCUT2D eigenvalue weighted by Crippen LogP contribution is 2.31. The molecule has 1 aliphatic carbocycles. The van der Waals surface area contributed by atoms with Gasteiger partial charge in [0.25, 0.3) is 0 Å². The van der Waals surface area contributed by atoms with E-state index in [0.29, 0.717) is 0 Å². The van der Waals surface area contributed by atoms with E-state index in [1.54, 1.807) is 0 Å². The number of hydrogen-bond donors (Lipinski definition) is 0. The zero-order valence-corrected chi connectivity index (χ0v) is 20.2. The molecule has 0 spiro atoms. The standard InChI is InChI=1S/C34H24N2O/c1-3-7-31-27(5-1)17-25(21-35-31)11-9-23-13-15-29-30-16-14-24(20-34(30)37-33(29)19-23)10-12-26-18-28-6-2-4-8-32(28)36-22-26/h1-9,11-22,32H,10H2/b11-9+,26-12-. The molecule has 3 heteroatoms. The molecule has 2 aromatic heterocycles. The average molecular weight is 477 g/mol. The van der Waals surface area contributed by atoms with E-state index in [1.165, 1.54) is 11.1 Å². The van der Waals surface area contributed by atoms with Crippen molar-refractivity contribution in [2.45, 2.75) is 12.5 Å². The fraction of sp³-hybridized carbons (Fsp3) is 0.0588. The summed E-state index contributed by atoms with van der Waals surface area (Å²) in [6.45, 7) is 0. The summed E-state index contributed by atoms with van der Waals surface area (Å²) in [5, 5.41) is 3.42. The van der Waals surface area contributed by atoms with Gasteiger partial charge in [-0.1, -0.05) is 78.9 Å². The normalized spacial score (nSPS) is 17.9. The van der Waals surface area contributed by atoms with Crippen molar-refractivity contribution in [2.24, 2.45) is 4.99 Å². The predicted octanol–water partition coefficient (Wildman–Crippen LogP) is 8.28. The number of aliphatic imine (C=N–C) groups is 1. The van der Waals surface area contributed by atoms with Crippen LogP contribution in [0.4, 0.5) is 0 Å². The minimum Gasteiger partial charge on any atom is -0.456 e. The Bertz CT molecular complexity index is 1860. The zero-order chi connectivity index (χ0) is 24.6. The molecule has 5 aromatic rings. The van der Waals surface area contributed by atoms with E-state index in [0.717, 1.165) is 56.0 Å². The van der Waals surface area contributed by atoms with Crippen molar-refractivity contribution in [1.29, 1.82) is 0 Å². The Morgan fingerprint density at radius 3 is 2.68 bits per heavy atom. The van der Waals surface area contributed by atoms with E-state index in [4.69, 9.17) is 4.42 Å². The summed E-state index contributed by atoms with van der Waals surface area (Å²) in [4.78, 5) is 9.21. The van der Waals surface area contributed by atoms with Crippen LogP contribution in [-0.2, 0) is 6.42 Å². The Kier molecular flexibility index (Phi) is 5.25. The topological polar surface area (TPSA) is 38.4 Å². The fourth-order valence-corrected chi connectivity index (χ4v) is 5.00. The van der Waals surface area contributed by atoms with E-state index in [2.05, 4.69) is 107 Å². The van der Waals surface area contributed by atoms with Gasteiger partial charge in [-0.2, -0.15) is 0 Å². The van der Waals surface area contributed by atoms with Gasteiger partial charge in [0.15, 0.2) is 0 Å². The number of furan rings is 1. The second-order valence-corrected chi connectivity index (χ2v) is 9.50. The van der Waals surface area contributed by atoms with E-state index >= 15 is 0 Å². The zero-order valence-electron chi connectivity index (χ0n) is 20.2. The van der Waals surface area contributed by atoms with Crippen molar-refractivity contribution in [3.05, 3.63) is 137 Å². The molecule has 1 aliphatic heterocycles. The minimum absolute atomic E-state index is 0.165. The first-order valence-corrected chi connectivity index (χ1v) is 12.6. The summed E-state index contributed by atoms with van der Waals surface area (Å²) in [5.41, 5.74) is 8.61. The summed E-state index contributed by atoms with van der Waals surface area (Å²) in [6, 6.07) is 23.4. The Labute approximate surface area is 215 Å². The van der Waals surface area contributed by atoms with Crippen molar-refractivity contribution in [3.8, 4) is 0 Å². The van der Waals surface area contributed by atoms with Crippen LogP contribution in [-0.4, -0.2) is 17.2 Å². The van der Waals surface area contributed by atoms with Crippen molar-refractivity contribution in [2.75, 3.05) is 0 Å². The maximum Gasteiger partial charge on any atom is 0.136 e. The van der Waals surface area contributed by atoms with Gasteiger partial charge >= 0.3 is 0 Å². The van der Waals surface area contributed by atoms with Crippen LogP contribution in [0.2, 0.25) is 0 Å². The number of aromatic nitrogens is 1. The molecule has 1 unspecified atom stereocenters. The summed E-state index contributed by atoms with van der Waals surface area (Å²) in [7, 11) is 0. The summed E-state index contributed by atoms with van der Waals surface area (Å²) in [6.07, 6.45) is 21.7. The van der Waals surface area contributed by atoms with Gasteiger partial charge < -0.3 is 4.42 Å². The smallest absolute Gasteiger partial charge is 0.136 e. The second-order valence-electron chi connectivity index (χ2n) is 9.50. The third-order valence-electron chi connectivity index (χ3n) is 6.97. The number of rotatable bonds is 4. The molecule has 176 valence electrons. The lowest BCUT2D eigenvalue weighted by atomic mass is 9.96. The van der Waals surface area contributed by atoms with Gasteiger partial charge in [0.2, 0.25) is 0 Å². The molecule has 1 atom stereocenters. The molecule has 7 rings (SSSR count). The van der Waals surface area contributed by atoms with Gasteiger partial charge in [-0.15, -0.1) is 0 Å². The first-order valence-electron chi connectivity index (χ1n) is 12.6. The van der Waals surface area contributed by atoms with E-state index < -0.39 is 0 Å². The van der Waals surface area contributed by atoms with Crippen molar-refractivity contribution < 1.29 is 4.42 Å². The van der Waals surface area contributed by atoms with Crippen LogP contribution in [0.3, 0.4) is 0 Å². The van der Waals surface area contributed by atoms with Gasteiger partial charge in [0.05, 0.1) is 11.6 Å². The molecule has 3 heterocycles. The van der Waals surface area contributed by atoms with Gasteiger partial charge in [-0.05, 0) is 70.7 Å². The number of para-hydroxylation sites is 1. The lowest BCUT2D eigenvalue weighted by Gasteiger charge is -2.16. The van der Waals surface area contributed by atoms with Gasteiger partial charge in [-0.25, -0.2) is 0 Å². The molecule has 3 aromatic carbocycles. The number of pyridine rings is 1. The number of hydrogen-bond acceptors (Lipinski definition) is 3. The van der Waals surface area contributed by atoms with Crippen LogP contribution in [0.5, 0.6) is 0 Å². The molecule has 37 heavy (non-hydrogen) atoms. The minimum atomic E-state index is 0.165. The molecule has 0 fully saturated rings. The highest BCUT2D eigenvalue weighted by atomic mass is 16.3. The highest BCUT2D eigenvalue weighted by molar-refractivity contribution is 6.05. The number of nitrogens with zero attached hydrogens (tertiary/aromatic N) is 2. The van der Waals surface area contributed by atoms with E-state index in [1.807, 2.05) is 30.6 Å². The maximum atomic E-state index is 6.28. The maximum absolute atomic E-state index is 6.28. The number of fused-ring (bicyclic) bond motifs is 5. The molecule has 0 radical (unpaired) electrons. The monoisotopic (exact) mass is 476 g/mol. The van der Waals surface area contributed by atoms with Crippen LogP contribution in [0, 0.1) is 0 Å². The van der Waals surface area contributed by atoms with Crippen LogP contribution in [0.15, 0.2) is 130 Å². The third kappa shape index (κ3) is 4.25. The van der Waals surface area contributed by atoms with Crippen molar-refractivity contribution >= 4 is 51.2 Å². The Hall–Kier alpha value is -4.76. The summed E-state index contributed by atoms with van der Waals surface area (Å²) >= 11 is 0. The first-order chi connectivity index (χ1) is 18.3. The molecule has 0 N–H and O–H groups in total. The molecular weight excluding hydrogens is 452 g/mol. The summed E-state index contributed by atoms with van der Waals surface area (Å²) < 4.78 is 6.28. The molecule has 0 bridgehead atoms. The lowest BCUT2D eigenvalue weighted by molar-refractivity contribution is 0.668. The summed E-state index contributed by atoms with van der Waals surface area (Å²) in [5.74, 6) is 0. The molecule has 2 aliphatic rings. The van der Waals surface area contributed by atoms with Crippen LogP contribution < -0.4 is 0 Å².